The Morgan fingerprint density at radius 2 is 2.20 bits per heavy atom. The van der Waals surface area contributed by atoms with Gasteiger partial charge in [-0.1, -0.05) is 11.2 Å². The Morgan fingerprint density at radius 3 is 2.84 bits per heavy atom. The molecule has 1 atom stereocenters. The minimum atomic E-state index is -3.08. The summed E-state index contributed by atoms with van der Waals surface area (Å²) in [6.45, 7) is 1.96. The second-order valence-corrected chi connectivity index (χ2v) is 8.77. The van der Waals surface area contributed by atoms with E-state index in [4.69, 9.17) is 4.52 Å². The van der Waals surface area contributed by atoms with Crippen molar-refractivity contribution in [2.45, 2.75) is 25.4 Å². The summed E-state index contributed by atoms with van der Waals surface area (Å²) in [7, 11) is -1.46. The van der Waals surface area contributed by atoms with Crippen LogP contribution < -0.4 is 5.32 Å². The van der Waals surface area contributed by atoms with E-state index in [9.17, 15) is 13.2 Å². The van der Waals surface area contributed by atoms with Crippen LogP contribution in [-0.4, -0.2) is 53.6 Å². The fraction of sp³-hybridized carbons (Fsp3) is 0.438. The predicted molar refractivity (Wildman–Crippen MR) is 91.4 cm³/mol. The Bertz CT molecular complexity index is 865. The molecule has 0 bridgehead atoms. The van der Waals surface area contributed by atoms with Crippen LogP contribution >= 0.6 is 0 Å². The van der Waals surface area contributed by atoms with E-state index in [1.165, 1.54) is 4.90 Å². The molecule has 0 aromatic carbocycles. The minimum Gasteiger partial charge on any atom is -0.359 e. The van der Waals surface area contributed by atoms with Crippen LogP contribution in [0, 0.1) is 0 Å². The molecule has 1 fully saturated rings. The van der Waals surface area contributed by atoms with Crippen LogP contribution in [-0.2, 0) is 16.4 Å². The van der Waals surface area contributed by atoms with Gasteiger partial charge in [0, 0.05) is 19.3 Å². The molecular formula is C16H20N4O4S. The number of amides is 2. The summed E-state index contributed by atoms with van der Waals surface area (Å²) >= 11 is 0. The van der Waals surface area contributed by atoms with Crippen LogP contribution in [0.2, 0.25) is 0 Å². The van der Waals surface area contributed by atoms with Crippen molar-refractivity contribution in [1.29, 1.82) is 0 Å². The molecule has 3 rings (SSSR count). The molecule has 0 unspecified atom stereocenters. The van der Waals surface area contributed by atoms with Crippen molar-refractivity contribution in [2.75, 3.05) is 18.6 Å². The van der Waals surface area contributed by atoms with E-state index in [0.29, 0.717) is 23.6 Å². The molecule has 1 aliphatic rings. The molecule has 0 radical (unpaired) electrons. The first-order chi connectivity index (χ1) is 11.8. The third-order valence-corrected chi connectivity index (χ3v) is 6.04. The van der Waals surface area contributed by atoms with Crippen molar-refractivity contribution in [3.05, 3.63) is 36.2 Å². The number of nitrogens with one attached hydrogen (secondary N) is 1. The molecule has 2 amide bonds. The Morgan fingerprint density at radius 1 is 1.40 bits per heavy atom. The number of hydrogen-bond acceptors (Lipinski definition) is 6. The van der Waals surface area contributed by atoms with Gasteiger partial charge in [0.05, 0.1) is 29.3 Å². The molecule has 0 saturated carbocycles. The molecule has 8 nitrogen and oxygen atoms in total. The standard InChI is InChI=1S/C16H20N4O4S/c1-16(6-8-25(22,23)11-16)18-15(21)20(2)10-12-9-14(19-24-12)13-5-3-4-7-17-13/h3-5,7,9H,6,8,10-11H2,1-2H3,(H,18,21)/t16-/m0/s1. The first-order valence-corrected chi connectivity index (χ1v) is 9.69. The monoisotopic (exact) mass is 364 g/mol. The number of hydrogen-bond donors (Lipinski definition) is 1. The van der Waals surface area contributed by atoms with Crippen LogP contribution in [0.4, 0.5) is 4.79 Å². The molecule has 0 aliphatic carbocycles. The Hall–Kier alpha value is -2.42. The molecule has 1 N–H and O–H groups in total. The van der Waals surface area contributed by atoms with Crippen molar-refractivity contribution in [3.63, 3.8) is 0 Å². The molecular weight excluding hydrogens is 344 g/mol. The SMILES string of the molecule is CN(Cc1cc(-c2ccccn2)no1)C(=O)N[C@@]1(C)CCS(=O)(=O)C1. The smallest absolute Gasteiger partial charge is 0.318 e. The first kappa shape index (κ1) is 17.4. The lowest BCUT2D eigenvalue weighted by Crippen LogP contribution is -2.51. The van der Waals surface area contributed by atoms with E-state index in [-0.39, 0.29) is 24.1 Å². The third-order valence-electron chi connectivity index (χ3n) is 4.14. The number of carbonyl (C=O) groups is 1. The summed E-state index contributed by atoms with van der Waals surface area (Å²) in [5, 5.41) is 6.76. The van der Waals surface area contributed by atoms with Crippen molar-refractivity contribution in [3.8, 4) is 11.4 Å². The number of sulfone groups is 1. The third kappa shape index (κ3) is 4.16. The zero-order valence-electron chi connectivity index (χ0n) is 14.1. The largest absolute Gasteiger partial charge is 0.359 e. The van der Waals surface area contributed by atoms with Crippen molar-refractivity contribution in [1.82, 2.24) is 20.4 Å². The van der Waals surface area contributed by atoms with Crippen LogP contribution in [0.1, 0.15) is 19.1 Å². The molecule has 1 saturated heterocycles. The van der Waals surface area contributed by atoms with Gasteiger partial charge in [0.2, 0.25) is 0 Å². The van der Waals surface area contributed by atoms with Gasteiger partial charge in [0.1, 0.15) is 5.69 Å². The van der Waals surface area contributed by atoms with Gasteiger partial charge in [-0.3, -0.25) is 4.98 Å². The van der Waals surface area contributed by atoms with E-state index in [2.05, 4.69) is 15.5 Å². The summed E-state index contributed by atoms with van der Waals surface area (Å²) in [5.74, 6) is 0.580. The molecule has 134 valence electrons. The molecule has 1 aliphatic heterocycles. The Labute approximate surface area is 146 Å². The van der Waals surface area contributed by atoms with E-state index in [1.54, 1.807) is 26.2 Å². The molecule has 2 aromatic rings. The summed E-state index contributed by atoms with van der Waals surface area (Å²) < 4.78 is 28.5. The minimum absolute atomic E-state index is 0.0360. The fourth-order valence-corrected chi connectivity index (χ4v) is 4.88. The van der Waals surface area contributed by atoms with Crippen LogP contribution in [0.25, 0.3) is 11.4 Å². The van der Waals surface area contributed by atoms with E-state index >= 15 is 0 Å². The predicted octanol–water partition coefficient (Wildman–Crippen LogP) is 1.46. The van der Waals surface area contributed by atoms with Gasteiger partial charge in [-0.25, -0.2) is 13.2 Å². The number of nitrogens with zero attached hydrogens (tertiary/aromatic N) is 3. The lowest BCUT2D eigenvalue weighted by atomic mass is 10.0. The average molecular weight is 364 g/mol. The van der Waals surface area contributed by atoms with E-state index in [1.807, 2.05) is 18.2 Å². The van der Waals surface area contributed by atoms with E-state index < -0.39 is 15.4 Å². The van der Waals surface area contributed by atoms with Crippen LogP contribution in [0.3, 0.4) is 0 Å². The molecule has 0 spiro atoms. The number of carbonyl (C=O) groups excluding carboxylic acids is 1. The highest BCUT2D eigenvalue weighted by molar-refractivity contribution is 7.91. The number of aromatic nitrogens is 2. The average Bonchev–Trinajstić information content (AvgIpc) is 3.12. The maximum Gasteiger partial charge on any atom is 0.318 e. The molecule has 2 aromatic heterocycles. The Kier molecular flexibility index (Phi) is 4.51. The summed E-state index contributed by atoms with van der Waals surface area (Å²) in [4.78, 5) is 18.0. The Balaban J connectivity index is 1.62. The quantitative estimate of drug-likeness (QED) is 0.880. The summed E-state index contributed by atoms with van der Waals surface area (Å²) in [6.07, 6.45) is 2.08. The van der Waals surface area contributed by atoms with Gasteiger partial charge in [-0.05, 0) is 25.5 Å². The van der Waals surface area contributed by atoms with Gasteiger partial charge in [-0.15, -0.1) is 0 Å². The summed E-state index contributed by atoms with van der Waals surface area (Å²) in [5.41, 5.74) is 0.552. The lowest BCUT2D eigenvalue weighted by molar-refractivity contribution is 0.190. The van der Waals surface area contributed by atoms with Gasteiger partial charge in [-0.2, -0.15) is 0 Å². The highest BCUT2D eigenvalue weighted by Crippen LogP contribution is 2.23. The second kappa shape index (κ2) is 6.47. The van der Waals surface area contributed by atoms with Gasteiger partial charge in [0.15, 0.2) is 15.6 Å². The van der Waals surface area contributed by atoms with Gasteiger partial charge < -0.3 is 14.7 Å². The maximum atomic E-state index is 12.3. The highest BCUT2D eigenvalue weighted by atomic mass is 32.2. The number of rotatable bonds is 4. The normalized spacial score (nSPS) is 21.8. The highest BCUT2D eigenvalue weighted by Gasteiger charge is 2.40. The van der Waals surface area contributed by atoms with Crippen molar-refractivity contribution < 1.29 is 17.7 Å². The van der Waals surface area contributed by atoms with Crippen LogP contribution in [0.5, 0.6) is 0 Å². The molecule has 9 heteroatoms. The first-order valence-electron chi connectivity index (χ1n) is 7.87. The fourth-order valence-electron chi connectivity index (χ4n) is 2.79. The zero-order valence-corrected chi connectivity index (χ0v) is 14.9. The molecule has 3 heterocycles. The van der Waals surface area contributed by atoms with Gasteiger partial charge >= 0.3 is 6.03 Å². The topological polar surface area (TPSA) is 105 Å². The van der Waals surface area contributed by atoms with Crippen LogP contribution in [0.15, 0.2) is 35.0 Å². The summed E-state index contributed by atoms with van der Waals surface area (Å²) in [6, 6.07) is 6.86. The second-order valence-electron chi connectivity index (χ2n) is 6.58. The van der Waals surface area contributed by atoms with Crippen molar-refractivity contribution >= 4 is 15.9 Å². The molecule has 25 heavy (non-hydrogen) atoms. The van der Waals surface area contributed by atoms with E-state index in [0.717, 1.165) is 0 Å². The number of pyridine rings is 1. The lowest BCUT2D eigenvalue weighted by Gasteiger charge is -2.27. The van der Waals surface area contributed by atoms with Crippen molar-refractivity contribution in [2.24, 2.45) is 0 Å². The zero-order chi connectivity index (χ0) is 18.1. The van der Waals surface area contributed by atoms with Gasteiger partial charge in [0.25, 0.3) is 0 Å². The maximum absolute atomic E-state index is 12.3. The number of urea groups is 1.